The molecule has 98 valence electrons. The number of nitrogens with two attached hydrogens (primary N) is 1. The lowest BCUT2D eigenvalue weighted by Crippen LogP contribution is -2.38. The summed E-state index contributed by atoms with van der Waals surface area (Å²) in [6, 6.07) is 3.44. The third-order valence-electron chi connectivity index (χ3n) is 2.77. The summed E-state index contributed by atoms with van der Waals surface area (Å²) in [5, 5.41) is 3.29. The highest BCUT2D eigenvalue weighted by Crippen LogP contribution is 2.19. The lowest BCUT2D eigenvalue weighted by Gasteiger charge is -2.22. The molecule has 0 aliphatic carbocycles. The van der Waals surface area contributed by atoms with Crippen LogP contribution in [0.1, 0.15) is 23.3 Å². The number of nitrogen functional groups attached to an aromatic ring is 1. The van der Waals surface area contributed by atoms with Crippen LogP contribution in [0.2, 0.25) is 5.02 Å². The van der Waals surface area contributed by atoms with Crippen LogP contribution in [0.25, 0.3) is 0 Å². The molecule has 2 rings (SSSR count). The Morgan fingerprint density at radius 1 is 1.44 bits per heavy atom. The molecule has 0 aromatic carbocycles. The van der Waals surface area contributed by atoms with Gasteiger partial charge in [0.05, 0.1) is 5.02 Å². The quantitative estimate of drug-likeness (QED) is 0.581. The Labute approximate surface area is 115 Å². The van der Waals surface area contributed by atoms with Crippen molar-refractivity contribution < 1.29 is 4.79 Å². The number of hydrazine groups is 1. The van der Waals surface area contributed by atoms with Gasteiger partial charge < -0.3 is 10.7 Å². The maximum Gasteiger partial charge on any atom is 0.271 e. The number of carbonyl (C=O) groups is 1. The molecule has 0 unspecified atom stereocenters. The second-order valence-electron chi connectivity index (χ2n) is 4.03. The third kappa shape index (κ3) is 3.28. The predicted molar refractivity (Wildman–Crippen MR) is 74.9 cm³/mol. The normalized spacial score (nSPS) is 16.3. The summed E-state index contributed by atoms with van der Waals surface area (Å²) < 4.78 is 0. The number of anilines is 1. The molecule has 1 aliphatic heterocycles. The second kappa shape index (κ2) is 6.26. The van der Waals surface area contributed by atoms with E-state index in [1.165, 1.54) is 0 Å². The van der Waals surface area contributed by atoms with Crippen molar-refractivity contribution >= 4 is 35.1 Å². The van der Waals surface area contributed by atoms with E-state index < -0.39 is 0 Å². The van der Waals surface area contributed by atoms with E-state index in [2.05, 4.69) is 15.7 Å². The lowest BCUT2D eigenvalue weighted by molar-refractivity contribution is 0.0930. The topological polar surface area (TPSA) is 80.0 Å². The van der Waals surface area contributed by atoms with Gasteiger partial charge >= 0.3 is 0 Å². The molecular weight excluding hydrogens is 272 g/mol. The van der Waals surface area contributed by atoms with Gasteiger partial charge in [-0.05, 0) is 36.5 Å². The highest BCUT2D eigenvalue weighted by molar-refractivity contribution is 7.99. The molecular formula is C11H15ClN4OS. The maximum atomic E-state index is 12.1. The molecule has 4 N–H and O–H groups in total. The molecule has 0 spiro atoms. The molecule has 5 nitrogen and oxygen atoms in total. The van der Waals surface area contributed by atoms with Crippen LogP contribution in [-0.2, 0) is 0 Å². The minimum Gasteiger partial charge on any atom is -0.348 e. The summed E-state index contributed by atoms with van der Waals surface area (Å²) in [5.41, 5.74) is 2.61. The zero-order chi connectivity index (χ0) is 13.0. The monoisotopic (exact) mass is 286 g/mol. The van der Waals surface area contributed by atoms with Crippen molar-refractivity contribution in [3.8, 4) is 0 Å². The highest BCUT2D eigenvalue weighted by atomic mass is 35.5. The number of thioether (sulfide) groups is 1. The molecule has 1 aromatic rings. The zero-order valence-electron chi connectivity index (χ0n) is 9.78. The van der Waals surface area contributed by atoms with Crippen LogP contribution in [-0.4, -0.2) is 28.4 Å². The van der Waals surface area contributed by atoms with E-state index in [9.17, 15) is 4.79 Å². The molecule has 0 radical (unpaired) electrons. The first-order chi connectivity index (χ1) is 8.70. The molecule has 0 atom stereocenters. The van der Waals surface area contributed by atoms with Gasteiger partial charge in [0.25, 0.3) is 5.91 Å². The van der Waals surface area contributed by atoms with Gasteiger partial charge in [-0.25, -0.2) is 10.8 Å². The summed E-state index contributed by atoms with van der Waals surface area (Å²) in [6.45, 7) is 0. The van der Waals surface area contributed by atoms with Gasteiger partial charge in [-0.1, -0.05) is 11.6 Å². The number of hydrogen-bond acceptors (Lipinski definition) is 5. The van der Waals surface area contributed by atoms with Crippen molar-refractivity contribution in [2.75, 3.05) is 16.9 Å². The van der Waals surface area contributed by atoms with Gasteiger partial charge in [0, 0.05) is 6.04 Å². The number of carbonyl (C=O) groups excluding carboxylic acids is 1. The highest BCUT2D eigenvalue weighted by Gasteiger charge is 2.19. The van der Waals surface area contributed by atoms with Gasteiger partial charge in [0.15, 0.2) is 0 Å². The number of amides is 1. The van der Waals surface area contributed by atoms with Gasteiger partial charge in [0.1, 0.15) is 11.5 Å². The van der Waals surface area contributed by atoms with Crippen LogP contribution in [0, 0.1) is 0 Å². The van der Waals surface area contributed by atoms with Crippen molar-refractivity contribution in [1.82, 2.24) is 10.3 Å². The van der Waals surface area contributed by atoms with Crippen molar-refractivity contribution in [1.29, 1.82) is 0 Å². The van der Waals surface area contributed by atoms with Crippen molar-refractivity contribution in [3.63, 3.8) is 0 Å². The minimum atomic E-state index is -0.242. The number of hydrogen-bond donors (Lipinski definition) is 3. The van der Waals surface area contributed by atoms with E-state index in [0.29, 0.717) is 10.8 Å². The Balaban J connectivity index is 2.07. The smallest absolute Gasteiger partial charge is 0.271 e. The standard InChI is InChI=1S/C11H15ClN4OS/c12-8-1-2-9(16-13)15-10(8)11(17)14-7-3-5-18-6-4-7/h1-2,7H,3-6,13H2,(H,14,17)(H,15,16). The summed E-state index contributed by atoms with van der Waals surface area (Å²) in [6.07, 6.45) is 1.98. The molecule has 7 heteroatoms. The minimum absolute atomic E-state index is 0.213. The van der Waals surface area contributed by atoms with Crippen molar-refractivity contribution in [2.45, 2.75) is 18.9 Å². The SMILES string of the molecule is NNc1ccc(Cl)c(C(=O)NC2CCSCC2)n1. The Morgan fingerprint density at radius 2 is 2.17 bits per heavy atom. The number of pyridine rings is 1. The van der Waals surface area contributed by atoms with Gasteiger partial charge in [-0.15, -0.1) is 0 Å². The molecule has 1 aromatic heterocycles. The summed E-state index contributed by atoms with van der Waals surface area (Å²) in [4.78, 5) is 16.1. The fourth-order valence-corrected chi connectivity index (χ4v) is 3.08. The lowest BCUT2D eigenvalue weighted by atomic mass is 10.1. The molecule has 1 saturated heterocycles. The summed E-state index contributed by atoms with van der Waals surface area (Å²) >= 11 is 7.88. The van der Waals surface area contributed by atoms with Crippen LogP contribution in [0.5, 0.6) is 0 Å². The first-order valence-corrected chi connectivity index (χ1v) is 7.25. The zero-order valence-corrected chi connectivity index (χ0v) is 11.4. The van der Waals surface area contributed by atoms with Crippen LogP contribution in [0.3, 0.4) is 0 Å². The predicted octanol–water partition coefficient (Wildman–Crippen LogP) is 1.65. The van der Waals surface area contributed by atoms with Gasteiger partial charge in [0.2, 0.25) is 0 Å². The molecule has 1 aliphatic rings. The van der Waals surface area contributed by atoms with Gasteiger partial charge in [-0.3, -0.25) is 4.79 Å². The number of rotatable bonds is 3. The number of nitrogens with zero attached hydrogens (tertiary/aromatic N) is 1. The Morgan fingerprint density at radius 3 is 2.83 bits per heavy atom. The average Bonchev–Trinajstić information content (AvgIpc) is 2.40. The molecule has 0 saturated carbocycles. The van der Waals surface area contributed by atoms with Crippen molar-refractivity contribution in [2.24, 2.45) is 5.84 Å². The largest absolute Gasteiger partial charge is 0.348 e. The van der Waals surface area contributed by atoms with Crippen molar-refractivity contribution in [3.05, 3.63) is 22.8 Å². The Kier molecular flexibility index (Phi) is 4.68. The molecule has 18 heavy (non-hydrogen) atoms. The van der Waals surface area contributed by atoms with E-state index in [1.54, 1.807) is 12.1 Å². The van der Waals surface area contributed by atoms with E-state index >= 15 is 0 Å². The first kappa shape index (κ1) is 13.5. The third-order valence-corrected chi connectivity index (χ3v) is 4.12. The molecule has 2 heterocycles. The molecule has 0 bridgehead atoms. The van der Waals surface area contributed by atoms with Crippen LogP contribution in [0.15, 0.2) is 12.1 Å². The fraction of sp³-hybridized carbons (Fsp3) is 0.455. The molecule has 1 fully saturated rings. The summed E-state index contributed by atoms with van der Waals surface area (Å²) in [7, 11) is 0. The summed E-state index contributed by atoms with van der Waals surface area (Å²) in [5.74, 6) is 7.60. The van der Waals surface area contributed by atoms with Crippen LogP contribution >= 0.6 is 23.4 Å². The number of aromatic nitrogens is 1. The van der Waals surface area contributed by atoms with Gasteiger partial charge in [-0.2, -0.15) is 11.8 Å². The van der Waals surface area contributed by atoms with E-state index in [-0.39, 0.29) is 17.6 Å². The van der Waals surface area contributed by atoms with E-state index in [1.807, 2.05) is 11.8 Å². The van der Waals surface area contributed by atoms with E-state index in [4.69, 9.17) is 17.4 Å². The Bertz CT molecular complexity index is 437. The van der Waals surface area contributed by atoms with Crippen LogP contribution < -0.4 is 16.6 Å². The van der Waals surface area contributed by atoms with Crippen LogP contribution in [0.4, 0.5) is 5.82 Å². The van der Waals surface area contributed by atoms with E-state index in [0.717, 1.165) is 24.3 Å². The number of nitrogens with one attached hydrogen (secondary N) is 2. The maximum absolute atomic E-state index is 12.1. The Hall–Kier alpha value is -0.980. The molecule has 1 amide bonds. The first-order valence-electron chi connectivity index (χ1n) is 5.72. The number of halogens is 1. The second-order valence-corrected chi connectivity index (χ2v) is 5.66. The average molecular weight is 287 g/mol. The fourth-order valence-electron chi connectivity index (χ4n) is 1.78.